The van der Waals surface area contributed by atoms with Crippen LogP contribution in [-0.2, 0) is 21.1 Å². The van der Waals surface area contributed by atoms with E-state index in [0.29, 0.717) is 5.75 Å². The lowest BCUT2D eigenvalue weighted by Gasteiger charge is -1.80. The molecule has 0 spiro atoms. The predicted octanol–water partition coefficient (Wildman–Crippen LogP) is 2.18. The molecule has 0 bridgehead atoms. The van der Waals surface area contributed by atoms with Gasteiger partial charge in [0.15, 0.2) is 0 Å². The maximum atomic E-state index is 8.63. The van der Waals surface area contributed by atoms with Crippen molar-refractivity contribution in [3.63, 3.8) is 0 Å². The average molecular weight is 260 g/mol. The summed E-state index contributed by atoms with van der Waals surface area (Å²) in [6, 6.07) is 5.64. The van der Waals surface area contributed by atoms with Crippen LogP contribution in [0.5, 0.6) is 5.75 Å². The molecule has 0 aromatic carbocycles. The van der Waals surface area contributed by atoms with E-state index in [1.807, 2.05) is 61.0 Å². The molecule has 102 valence electrons. The molecule has 3 aromatic rings. The van der Waals surface area contributed by atoms with Gasteiger partial charge in [-0.3, -0.25) is 0 Å². The van der Waals surface area contributed by atoms with Crippen molar-refractivity contribution in [1.29, 1.82) is 0 Å². The van der Waals surface area contributed by atoms with Gasteiger partial charge in [0.25, 0.3) is 0 Å². The van der Waals surface area contributed by atoms with E-state index in [4.69, 9.17) is 5.11 Å². The average Bonchev–Trinajstić information content (AvgIpc) is 3.07. The van der Waals surface area contributed by atoms with Gasteiger partial charge < -0.3 is 18.8 Å². The molecule has 0 radical (unpaired) electrons. The fraction of sp³-hybridized carbons (Fsp3) is 0.214. The lowest BCUT2D eigenvalue weighted by Crippen LogP contribution is -1.76. The number of hydrogen-bond acceptors (Lipinski definition) is 2. The minimum Gasteiger partial charge on any atom is -0.506 e. The topological polar surface area (TPSA) is 47.9 Å². The summed E-state index contributed by atoms with van der Waals surface area (Å²) < 4.78 is 5.68. The molecule has 3 heterocycles. The van der Waals surface area contributed by atoms with Gasteiger partial charge >= 0.3 is 0 Å². The Morgan fingerprint density at radius 1 is 0.895 bits per heavy atom. The van der Waals surface area contributed by atoms with Crippen LogP contribution in [0.4, 0.5) is 0 Å². The monoisotopic (exact) mass is 260 g/mol. The van der Waals surface area contributed by atoms with Crippen LogP contribution in [0.2, 0.25) is 0 Å². The second-order valence-electron chi connectivity index (χ2n) is 4.11. The summed E-state index contributed by atoms with van der Waals surface area (Å²) in [6.07, 6.45) is 12.8. The lowest BCUT2D eigenvalue weighted by atomic mass is 10.6. The molecule has 3 rings (SSSR count). The molecule has 0 aliphatic carbocycles. The summed E-state index contributed by atoms with van der Waals surface area (Å²) in [4.78, 5) is 3.78. The first-order valence-electron chi connectivity index (χ1n) is 5.87. The van der Waals surface area contributed by atoms with E-state index in [0.717, 1.165) is 0 Å². The van der Waals surface area contributed by atoms with Crippen molar-refractivity contribution in [2.24, 2.45) is 21.1 Å². The molecule has 3 aromatic heterocycles. The molecule has 5 nitrogen and oxygen atoms in total. The molecule has 0 amide bonds. The molecule has 0 saturated heterocycles. The van der Waals surface area contributed by atoms with Gasteiger partial charge in [0.2, 0.25) is 0 Å². The second-order valence-corrected chi connectivity index (χ2v) is 4.11. The van der Waals surface area contributed by atoms with Crippen molar-refractivity contribution in [2.45, 2.75) is 0 Å². The van der Waals surface area contributed by atoms with Crippen molar-refractivity contribution < 1.29 is 5.11 Å². The predicted molar refractivity (Wildman–Crippen MR) is 75.7 cm³/mol. The van der Waals surface area contributed by atoms with Crippen LogP contribution in [-0.4, -0.2) is 23.8 Å². The SMILES string of the molecule is Cn1ccc(O)c1.Cn1cccc1.Cn1ccnc1. The molecule has 0 aliphatic heterocycles. The summed E-state index contributed by atoms with van der Waals surface area (Å²) in [5, 5.41) is 8.63. The van der Waals surface area contributed by atoms with Crippen LogP contribution in [0, 0.1) is 0 Å². The number of rotatable bonds is 0. The van der Waals surface area contributed by atoms with E-state index in [2.05, 4.69) is 4.98 Å². The number of hydrogen-bond donors (Lipinski definition) is 1. The van der Waals surface area contributed by atoms with E-state index >= 15 is 0 Å². The summed E-state index contributed by atoms with van der Waals surface area (Å²) in [5.74, 6) is 0.322. The van der Waals surface area contributed by atoms with Gasteiger partial charge in [-0.1, -0.05) is 0 Å². The lowest BCUT2D eigenvalue weighted by molar-refractivity contribution is 0.474. The van der Waals surface area contributed by atoms with Crippen LogP contribution in [0.25, 0.3) is 0 Å². The first-order valence-corrected chi connectivity index (χ1v) is 5.87. The number of aryl methyl sites for hydroxylation is 3. The summed E-state index contributed by atoms with van der Waals surface area (Å²) in [7, 11) is 5.80. The van der Waals surface area contributed by atoms with Crippen LogP contribution >= 0.6 is 0 Å². The van der Waals surface area contributed by atoms with Gasteiger partial charge in [-0.15, -0.1) is 0 Å². The Bertz CT molecular complexity index is 489. The first kappa shape index (κ1) is 14.6. The van der Waals surface area contributed by atoms with Gasteiger partial charge in [-0.05, 0) is 18.2 Å². The molecule has 19 heavy (non-hydrogen) atoms. The zero-order chi connectivity index (χ0) is 14.1. The van der Waals surface area contributed by atoms with Gasteiger partial charge in [0.05, 0.1) is 6.33 Å². The highest BCUT2D eigenvalue weighted by molar-refractivity contribution is 5.14. The first-order chi connectivity index (χ1) is 9.08. The Labute approximate surface area is 113 Å². The third-order valence-corrected chi connectivity index (χ3v) is 2.21. The van der Waals surface area contributed by atoms with E-state index in [1.165, 1.54) is 0 Å². The maximum absolute atomic E-state index is 8.63. The highest BCUT2D eigenvalue weighted by Crippen LogP contribution is 2.04. The van der Waals surface area contributed by atoms with Gasteiger partial charge in [0.1, 0.15) is 5.75 Å². The highest BCUT2D eigenvalue weighted by Gasteiger charge is 1.83. The van der Waals surface area contributed by atoms with Crippen LogP contribution in [0.1, 0.15) is 0 Å². The molecule has 0 saturated carbocycles. The Kier molecular flexibility index (Phi) is 6.02. The Hall–Kier alpha value is -2.43. The number of aromatic hydroxyl groups is 1. The number of imidazole rings is 1. The van der Waals surface area contributed by atoms with E-state index < -0.39 is 0 Å². The smallest absolute Gasteiger partial charge is 0.133 e. The van der Waals surface area contributed by atoms with Crippen molar-refractivity contribution in [2.75, 3.05) is 0 Å². The van der Waals surface area contributed by atoms with Gasteiger partial charge in [-0.2, -0.15) is 0 Å². The molecule has 1 N–H and O–H groups in total. The van der Waals surface area contributed by atoms with Crippen molar-refractivity contribution in [3.8, 4) is 5.75 Å². The van der Waals surface area contributed by atoms with Crippen LogP contribution in [0.3, 0.4) is 0 Å². The molecule has 0 unspecified atom stereocenters. The zero-order valence-electron chi connectivity index (χ0n) is 11.5. The zero-order valence-corrected chi connectivity index (χ0v) is 11.5. The largest absolute Gasteiger partial charge is 0.506 e. The molecular formula is C14H20N4O. The fourth-order valence-electron chi connectivity index (χ4n) is 1.24. The fourth-order valence-corrected chi connectivity index (χ4v) is 1.24. The molecular weight excluding hydrogens is 240 g/mol. The quantitative estimate of drug-likeness (QED) is 0.673. The number of nitrogens with zero attached hydrogens (tertiary/aromatic N) is 4. The third kappa shape index (κ3) is 6.78. The highest BCUT2D eigenvalue weighted by atomic mass is 16.3. The second kappa shape index (κ2) is 7.81. The van der Waals surface area contributed by atoms with E-state index in [9.17, 15) is 0 Å². The third-order valence-electron chi connectivity index (χ3n) is 2.21. The molecule has 0 aliphatic rings. The van der Waals surface area contributed by atoms with Crippen molar-refractivity contribution in [3.05, 3.63) is 61.7 Å². The summed E-state index contributed by atoms with van der Waals surface area (Å²) in [6.45, 7) is 0. The van der Waals surface area contributed by atoms with E-state index in [1.54, 1.807) is 35.6 Å². The van der Waals surface area contributed by atoms with Crippen molar-refractivity contribution >= 4 is 0 Å². The Balaban J connectivity index is 0.000000143. The van der Waals surface area contributed by atoms with Crippen molar-refractivity contribution in [1.82, 2.24) is 18.7 Å². The normalized spacial score (nSPS) is 9.00. The Morgan fingerprint density at radius 3 is 1.74 bits per heavy atom. The van der Waals surface area contributed by atoms with Gasteiger partial charge in [-0.25, -0.2) is 4.98 Å². The van der Waals surface area contributed by atoms with Crippen LogP contribution < -0.4 is 0 Å². The molecule has 0 fully saturated rings. The van der Waals surface area contributed by atoms with Gasteiger partial charge in [0, 0.05) is 58.3 Å². The van der Waals surface area contributed by atoms with E-state index in [-0.39, 0.29) is 0 Å². The Morgan fingerprint density at radius 2 is 1.58 bits per heavy atom. The summed E-state index contributed by atoms with van der Waals surface area (Å²) >= 11 is 0. The minimum atomic E-state index is 0.322. The standard InChI is InChI=1S/C5H7NO.C5H7N.C4H6N2/c1-6-3-2-5(7)4-6;1-6-4-2-3-5-6;1-6-3-2-5-4-6/h2-4,7H,1H3;2-5H,1H3;2-4H,1H3. The van der Waals surface area contributed by atoms with Crippen LogP contribution in [0.15, 0.2) is 61.7 Å². The summed E-state index contributed by atoms with van der Waals surface area (Å²) in [5.41, 5.74) is 0. The maximum Gasteiger partial charge on any atom is 0.133 e. The number of aromatic nitrogens is 4. The molecule has 0 atom stereocenters. The molecule has 5 heteroatoms. The minimum absolute atomic E-state index is 0.322.